The molecule has 0 spiro atoms. The summed E-state index contributed by atoms with van der Waals surface area (Å²) in [4.78, 5) is 12.9. The van der Waals surface area contributed by atoms with E-state index in [0.29, 0.717) is 26.4 Å². The third kappa shape index (κ3) is 4.79. The van der Waals surface area contributed by atoms with E-state index in [1.165, 1.54) is 4.90 Å². The highest BCUT2D eigenvalue weighted by Gasteiger charge is 2.36. The van der Waals surface area contributed by atoms with Crippen molar-refractivity contribution in [1.82, 2.24) is 4.90 Å². The molecule has 0 aliphatic carbocycles. The number of amides is 1. The molecule has 6 nitrogen and oxygen atoms in total. The Labute approximate surface area is 105 Å². The standard InChI is InChI=1S/C9H16ClNO5S/c1-15-4-5-16-3-2-11-7-8(6-9(11)12)17(10,13)14/h8H,2-7H2,1H3. The highest BCUT2D eigenvalue weighted by Crippen LogP contribution is 2.20. The number of likely N-dealkylation sites (tertiary alicyclic amines) is 1. The number of carbonyl (C=O) groups is 1. The van der Waals surface area contributed by atoms with Crippen LogP contribution in [0.2, 0.25) is 0 Å². The first-order chi connectivity index (χ1) is 7.95. The molecule has 8 heteroatoms. The predicted octanol–water partition coefficient (Wildman–Crippen LogP) is -0.181. The second kappa shape index (κ2) is 6.53. The fourth-order valence-corrected chi connectivity index (χ4v) is 2.62. The van der Waals surface area contributed by atoms with Crippen LogP contribution in [0.4, 0.5) is 0 Å². The molecule has 1 amide bonds. The van der Waals surface area contributed by atoms with Gasteiger partial charge in [0.15, 0.2) is 0 Å². The second-order valence-corrected chi connectivity index (χ2v) is 6.65. The Morgan fingerprint density at radius 2 is 2.12 bits per heavy atom. The minimum absolute atomic E-state index is 0.0378. The lowest BCUT2D eigenvalue weighted by Gasteiger charge is -2.15. The molecule has 1 heterocycles. The number of nitrogens with zero attached hydrogens (tertiary/aromatic N) is 1. The lowest BCUT2D eigenvalue weighted by molar-refractivity contribution is -0.128. The maximum Gasteiger partial charge on any atom is 0.237 e. The quantitative estimate of drug-likeness (QED) is 0.479. The van der Waals surface area contributed by atoms with Gasteiger partial charge in [-0.05, 0) is 0 Å². The molecule has 0 saturated carbocycles. The number of methoxy groups -OCH3 is 1. The lowest BCUT2D eigenvalue weighted by Crippen LogP contribution is -2.30. The van der Waals surface area contributed by atoms with Crippen molar-refractivity contribution in [3.63, 3.8) is 0 Å². The van der Waals surface area contributed by atoms with Crippen molar-refractivity contribution < 1.29 is 22.7 Å². The second-order valence-electron chi connectivity index (χ2n) is 3.75. The SMILES string of the molecule is COCCOCCN1CC(S(=O)(=O)Cl)CC1=O. The van der Waals surface area contributed by atoms with E-state index in [1.54, 1.807) is 7.11 Å². The van der Waals surface area contributed by atoms with E-state index < -0.39 is 14.3 Å². The first kappa shape index (κ1) is 14.7. The van der Waals surface area contributed by atoms with Crippen LogP contribution in [0.5, 0.6) is 0 Å². The molecule has 1 saturated heterocycles. The molecule has 1 unspecified atom stereocenters. The summed E-state index contributed by atoms with van der Waals surface area (Å²) in [7, 11) is 3.13. The fraction of sp³-hybridized carbons (Fsp3) is 0.889. The van der Waals surface area contributed by atoms with Crippen molar-refractivity contribution in [2.75, 3.05) is 40.0 Å². The molecular weight excluding hydrogens is 270 g/mol. The molecule has 1 fully saturated rings. The van der Waals surface area contributed by atoms with Gasteiger partial charge in [-0.2, -0.15) is 0 Å². The van der Waals surface area contributed by atoms with Crippen molar-refractivity contribution in [3.05, 3.63) is 0 Å². The van der Waals surface area contributed by atoms with E-state index in [2.05, 4.69) is 0 Å². The van der Waals surface area contributed by atoms with Crippen molar-refractivity contribution in [2.45, 2.75) is 11.7 Å². The Hall–Kier alpha value is -0.370. The summed E-state index contributed by atoms with van der Waals surface area (Å²) in [6.45, 7) is 1.84. The highest BCUT2D eigenvalue weighted by atomic mass is 35.7. The minimum Gasteiger partial charge on any atom is -0.382 e. The molecule has 1 aliphatic heterocycles. The van der Waals surface area contributed by atoms with Gasteiger partial charge < -0.3 is 14.4 Å². The number of rotatable bonds is 7. The third-order valence-corrected chi connectivity index (χ3v) is 4.38. The summed E-state index contributed by atoms with van der Waals surface area (Å²) in [6, 6.07) is 0. The molecule has 0 aromatic heterocycles. The van der Waals surface area contributed by atoms with Crippen molar-refractivity contribution in [1.29, 1.82) is 0 Å². The van der Waals surface area contributed by atoms with Crippen LogP contribution in [0.3, 0.4) is 0 Å². The number of halogens is 1. The average Bonchev–Trinajstić information content (AvgIpc) is 2.60. The lowest BCUT2D eigenvalue weighted by atomic mass is 10.4. The van der Waals surface area contributed by atoms with Crippen LogP contribution in [-0.4, -0.2) is 64.5 Å². The molecule has 100 valence electrons. The Bertz CT molecular complexity index is 358. The Morgan fingerprint density at radius 1 is 1.41 bits per heavy atom. The molecule has 1 rings (SSSR count). The largest absolute Gasteiger partial charge is 0.382 e. The first-order valence-electron chi connectivity index (χ1n) is 5.23. The zero-order valence-corrected chi connectivity index (χ0v) is 11.2. The highest BCUT2D eigenvalue weighted by molar-refractivity contribution is 8.14. The molecule has 0 aromatic carbocycles. The predicted molar refractivity (Wildman–Crippen MR) is 62.5 cm³/mol. The monoisotopic (exact) mass is 285 g/mol. The van der Waals surface area contributed by atoms with Crippen LogP contribution in [0.25, 0.3) is 0 Å². The Kier molecular flexibility index (Phi) is 5.64. The average molecular weight is 286 g/mol. The van der Waals surface area contributed by atoms with E-state index in [4.69, 9.17) is 20.2 Å². The zero-order chi connectivity index (χ0) is 12.9. The summed E-state index contributed by atoms with van der Waals surface area (Å²) in [5, 5.41) is -0.796. The summed E-state index contributed by atoms with van der Waals surface area (Å²) < 4.78 is 32.2. The number of hydrogen-bond donors (Lipinski definition) is 0. The Morgan fingerprint density at radius 3 is 2.65 bits per heavy atom. The molecule has 0 aromatic rings. The topological polar surface area (TPSA) is 72.9 Å². The minimum atomic E-state index is -3.66. The van der Waals surface area contributed by atoms with Gasteiger partial charge in [0.1, 0.15) is 5.25 Å². The number of ether oxygens (including phenoxy) is 2. The normalized spacial score (nSPS) is 21.2. The van der Waals surface area contributed by atoms with E-state index in [1.807, 2.05) is 0 Å². The van der Waals surface area contributed by atoms with E-state index >= 15 is 0 Å². The molecule has 0 N–H and O–H groups in total. The number of carbonyl (C=O) groups excluding carboxylic acids is 1. The molecule has 0 radical (unpaired) electrons. The summed E-state index contributed by atoms with van der Waals surface area (Å²) in [5.74, 6) is -0.199. The molecule has 17 heavy (non-hydrogen) atoms. The van der Waals surface area contributed by atoms with Gasteiger partial charge in [0.2, 0.25) is 15.0 Å². The first-order valence-corrected chi connectivity index (χ1v) is 7.60. The van der Waals surface area contributed by atoms with Gasteiger partial charge in [0.25, 0.3) is 0 Å². The summed E-state index contributed by atoms with van der Waals surface area (Å²) in [5.41, 5.74) is 0. The van der Waals surface area contributed by atoms with Gasteiger partial charge in [0, 0.05) is 37.3 Å². The molecular formula is C9H16ClNO5S. The Balaban J connectivity index is 2.29. The van der Waals surface area contributed by atoms with Crippen LogP contribution in [0.15, 0.2) is 0 Å². The molecule has 0 bridgehead atoms. The fourth-order valence-electron chi connectivity index (χ4n) is 1.56. The summed E-state index contributed by atoms with van der Waals surface area (Å²) >= 11 is 0. The zero-order valence-electron chi connectivity index (χ0n) is 9.59. The van der Waals surface area contributed by atoms with Gasteiger partial charge >= 0.3 is 0 Å². The van der Waals surface area contributed by atoms with Crippen LogP contribution >= 0.6 is 10.7 Å². The van der Waals surface area contributed by atoms with Gasteiger partial charge in [0.05, 0.1) is 19.8 Å². The smallest absolute Gasteiger partial charge is 0.237 e. The van der Waals surface area contributed by atoms with E-state index in [9.17, 15) is 13.2 Å². The third-order valence-electron chi connectivity index (χ3n) is 2.51. The summed E-state index contributed by atoms with van der Waals surface area (Å²) in [6.07, 6.45) is -0.0378. The maximum atomic E-state index is 11.5. The van der Waals surface area contributed by atoms with Gasteiger partial charge in [-0.25, -0.2) is 8.42 Å². The van der Waals surface area contributed by atoms with Crippen molar-refractivity contribution in [3.8, 4) is 0 Å². The van der Waals surface area contributed by atoms with E-state index in [-0.39, 0.29) is 18.9 Å². The van der Waals surface area contributed by atoms with Gasteiger partial charge in [-0.3, -0.25) is 4.79 Å². The number of hydrogen-bond acceptors (Lipinski definition) is 5. The van der Waals surface area contributed by atoms with Crippen LogP contribution < -0.4 is 0 Å². The maximum absolute atomic E-state index is 11.5. The van der Waals surface area contributed by atoms with E-state index in [0.717, 1.165) is 0 Å². The van der Waals surface area contributed by atoms with Crippen molar-refractivity contribution >= 4 is 25.6 Å². The van der Waals surface area contributed by atoms with Crippen LogP contribution in [-0.2, 0) is 23.3 Å². The van der Waals surface area contributed by atoms with Crippen LogP contribution in [0, 0.1) is 0 Å². The molecule has 1 aliphatic rings. The van der Waals surface area contributed by atoms with Crippen molar-refractivity contribution in [2.24, 2.45) is 0 Å². The van der Waals surface area contributed by atoms with Crippen LogP contribution in [0.1, 0.15) is 6.42 Å². The molecule has 1 atom stereocenters. The van der Waals surface area contributed by atoms with Gasteiger partial charge in [-0.1, -0.05) is 0 Å². The van der Waals surface area contributed by atoms with Gasteiger partial charge in [-0.15, -0.1) is 0 Å².